The van der Waals surface area contributed by atoms with Crippen LogP contribution in [-0.4, -0.2) is 41.2 Å². The van der Waals surface area contributed by atoms with Crippen molar-refractivity contribution in [3.05, 3.63) is 24.3 Å². The van der Waals surface area contributed by atoms with E-state index in [9.17, 15) is 13.8 Å². The largest absolute Gasteiger partial charge is 0.442 e. The fourth-order valence-corrected chi connectivity index (χ4v) is 3.22. The van der Waals surface area contributed by atoms with Crippen molar-refractivity contribution in [2.45, 2.75) is 31.3 Å². The summed E-state index contributed by atoms with van der Waals surface area (Å²) in [4.78, 5) is 25.0. The molecule has 1 unspecified atom stereocenters. The van der Waals surface area contributed by atoms with E-state index in [1.54, 1.807) is 24.3 Å². The third kappa shape index (κ3) is 4.07. The van der Waals surface area contributed by atoms with E-state index < -0.39 is 16.9 Å². The first kappa shape index (κ1) is 16.5. The average Bonchev–Trinajstić information content (AvgIpc) is 2.86. The quantitative estimate of drug-likeness (QED) is 0.863. The number of carbonyl (C=O) groups excluding carboxylic acids is 2. The van der Waals surface area contributed by atoms with E-state index in [0.717, 1.165) is 11.3 Å². The molecule has 1 aromatic rings. The van der Waals surface area contributed by atoms with Gasteiger partial charge in [0.15, 0.2) is 0 Å². The summed E-state index contributed by atoms with van der Waals surface area (Å²) in [7, 11) is -0.999. The topological polar surface area (TPSA) is 75.7 Å². The molecule has 2 atom stereocenters. The van der Waals surface area contributed by atoms with E-state index in [1.165, 1.54) is 11.8 Å². The number of carbonyl (C=O) groups is 2. The maximum atomic E-state index is 11.9. The summed E-state index contributed by atoms with van der Waals surface area (Å²) in [6, 6.07) is 7.08. The number of hydrogen-bond acceptors (Lipinski definition) is 4. The highest BCUT2D eigenvalue weighted by atomic mass is 32.2. The van der Waals surface area contributed by atoms with Gasteiger partial charge in [-0.2, -0.15) is 0 Å². The predicted molar refractivity (Wildman–Crippen MR) is 84.3 cm³/mol. The van der Waals surface area contributed by atoms with Crippen LogP contribution < -0.4 is 10.2 Å². The molecule has 6 nitrogen and oxygen atoms in total. The molecular weight excluding hydrogens is 304 g/mol. The fraction of sp³-hybridized carbons (Fsp3) is 0.467. The summed E-state index contributed by atoms with van der Waals surface area (Å²) in [5.41, 5.74) is 0.701. The van der Waals surface area contributed by atoms with E-state index in [2.05, 4.69) is 5.32 Å². The summed E-state index contributed by atoms with van der Waals surface area (Å²) in [5, 5.41) is 2.64. The summed E-state index contributed by atoms with van der Waals surface area (Å²) < 4.78 is 17.1. The minimum atomic E-state index is -0.999. The second-order valence-corrected chi connectivity index (χ2v) is 6.67. The lowest BCUT2D eigenvalue weighted by molar-refractivity contribution is -0.119. The molecule has 120 valence electrons. The zero-order valence-electron chi connectivity index (χ0n) is 12.7. The van der Waals surface area contributed by atoms with Gasteiger partial charge in [-0.05, 0) is 30.7 Å². The van der Waals surface area contributed by atoms with Gasteiger partial charge in [-0.1, -0.05) is 6.92 Å². The Balaban J connectivity index is 2.01. The first-order valence-corrected chi connectivity index (χ1v) is 8.54. The SMILES string of the molecule is CCCS(=O)c1ccc(N2C[C@H](CNC(C)=O)OC2=O)cc1. The molecular formula is C15H20N2O4S. The Kier molecular flexibility index (Phi) is 5.54. The van der Waals surface area contributed by atoms with Crippen molar-refractivity contribution in [3.8, 4) is 0 Å². The molecule has 1 aromatic carbocycles. The van der Waals surface area contributed by atoms with Crippen molar-refractivity contribution in [3.63, 3.8) is 0 Å². The van der Waals surface area contributed by atoms with E-state index in [-0.39, 0.29) is 12.0 Å². The molecule has 0 spiro atoms. The van der Waals surface area contributed by atoms with Gasteiger partial charge in [-0.15, -0.1) is 0 Å². The fourth-order valence-electron chi connectivity index (χ4n) is 2.18. The van der Waals surface area contributed by atoms with Crippen LogP contribution in [0.3, 0.4) is 0 Å². The van der Waals surface area contributed by atoms with Crippen LogP contribution in [0.5, 0.6) is 0 Å². The van der Waals surface area contributed by atoms with E-state index in [1.807, 2.05) is 6.92 Å². The number of hydrogen-bond donors (Lipinski definition) is 1. The maximum Gasteiger partial charge on any atom is 0.414 e. The number of rotatable bonds is 6. The van der Waals surface area contributed by atoms with Crippen LogP contribution in [0.15, 0.2) is 29.2 Å². The van der Waals surface area contributed by atoms with Gasteiger partial charge in [0.2, 0.25) is 5.91 Å². The van der Waals surface area contributed by atoms with Crippen molar-refractivity contribution >= 4 is 28.5 Å². The zero-order valence-corrected chi connectivity index (χ0v) is 13.5. The van der Waals surface area contributed by atoms with Gasteiger partial charge in [-0.3, -0.25) is 13.9 Å². The van der Waals surface area contributed by atoms with Gasteiger partial charge in [0.05, 0.1) is 23.9 Å². The van der Waals surface area contributed by atoms with Crippen molar-refractivity contribution in [2.24, 2.45) is 0 Å². The van der Waals surface area contributed by atoms with Gasteiger partial charge in [0.25, 0.3) is 0 Å². The number of nitrogens with zero attached hydrogens (tertiary/aromatic N) is 1. The van der Waals surface area contributed by atoms with Crippen molar-refractivity contribution in [1.29, 1.82) is 0 Å². The normalized spacial score (nSPS) is 18.9. The zero-order chi connectivity index (χ0) is 16.1. The lowest BCUT2D eigenvalue weighted by atomic mass is 10.2. The molecule has 1 fully saturated rings. The molecule has 0 bridgehead atoms. The second kappa shape index (κ2) is 7.40. The first-order chi connectivity index (χ1) is 10.5. The lowest BCUT2D eigenvalue weighted by Crippen LogP contribution is -2.33. The molecule has 2 amide bonds. The Hall–Kier alpha value is -1.89. The molecule has 0 saturated carbocycles. The van der Waals surface area contributed by atoms with Crippen LogP contribution in [0.2, 0.25) is 0 Å². The Morgan fingerprint density at radius 1 is 1.41 bits per heavy atom. The van der Waals surface area contributed by atoms with Crippen LogP contribution in [0.25, 0.3) is 0 Å². The monoisotopic (exact) mass is 324 g/mol. The first-order valence-electron chi connectivity index (χ1n) is 7.22. The third-order valence-electron chi connectivity index (χ3n) is 3.25. The van der Waals surface area contributed by atoms with Crippen LogP contribution in [0, 0.1) is 0 Å². The van der Waals surface area contributed by atoms with Gasteiger partial charge < -0.3 is 10.1 Å². The number of cyclic esters (lactones) is 1. The lowest BCUT2D eigenvalue weighted by Gasteiger charge is -2.13. The molecule has 1 saturated heterocycles. The molecule has 1 heterocycles. The van der Waals surface area contributed by atoms with Gasteiger partial charge in [-0.25, -0.2) is 4.79 Å². The highest BCUT2D eigenvalue weighted by molar-refractivity contribution is 7.85. The minimum absolute atomic E-state index is 0.155. The molecule has 0 radical (unpaired) electrons. The van der Waals surface area contributed by atoms with Crippen molar-refractivity contribution in [2.75, 3.05) is 23.7 Å². The van der Waals surface area contributed by atoms with Crippen LogP contribution in [0.1, 0.15) is 20.3 Å². The average molecular weight is 324 g/mol. The molecule has 1 N–H and O–H groups in total. The van der Waals surface area contributed by atoms with Gasteiger partial charge in [0.1, 0.15) is 6.10 Å². The number of nitrogens with one attached hydrogen (secondary N) is 1. The Morgan fingerprint density at radius 2 is 2.09 bits per heavy atom. The van der Waals surface area contributed by atoms with Crippen molar-refractivity contribution < 1.29 is 18.5 Å². The molecule has 1 aliphatic rings. The number of ether oxygens (including phenoxy) is 1. The van der Waals surface area contributed by atoms with E-state index in [0.29, 0.717) is 24.5 Å². The Morgan fingerprint density at radius 3 is 2.68 bits per heavy atom. The molecule has 7 heteroatoms. The Labute approximate surface area is 132 Å². The molecule has 2 rings (SSSR count). The summed E-state index contributed by atoms with van der Waals surface area (Å²) >= 11 is 0. The van der Waals surface area contributed by atoms with Crippen LogP contribution >= 0.6 is 0 Å². The number of anilines is 1. The standard InChI is InChI=1S/C15H20N2O4S/c1-3-8-22(20)14-6-4-12(5-7-14)17-10-13(21-15(17)19)9-16-11(2)18/h4-7,13H,3,8-10H2,1-2H3,(H,16,18)/t13-,22?/m0/s1. The molecule has 22 heavy (non-hydrogen) atoms. The predicted octanol–water partition coefficient (Wildman–Crippen LogP) is 1.67. The molecule has 1 aliphatic heterocycles. The highest BCUT2D eigenvalue weighted by Gasteiger charge is 2.32. The highest BCUT2D eigenvalue weighted by Crippen LogP contribution is 2.23. The summed E-state index contributed by atoms with van der Waals surface area (Å²) in [5.74, 6) is 0.474. The molecule has 0 aliphatic carbocycles. The van der Waals surface area contributed by atoms with Crippen LogP contribution in [-0.2, 0) is 20.3 Å². The van der Waals surface area contributed by atoms with E-state index >= 15 is 0 Å². The van der Waals surface area contributed by atoms with Gasteiger partial charge >= 0.3 is 6.09 Å². The number of amides is 2. The third-order valence-corrected chi connectivity index (χ3v) is 4.83. The van der Waals surface area contributed by atoms with Crippen LogP contribution in [0.4, 0.5) is 10.5 Å². The summed E-state index contributed by atoms with van der Waals surface area (Å²) in [6.07, 6.45) is 0.0700. The maximum absolute atomic E-state index is 11.9. The second-order valence-electron chi connectivity index (χ2n) is 5.10. The number of benzene rings is 1. The Bertz CT molecular complexity index is 573. The minimum Gasteiger partial charge on any atom is -0.442 e. The van der Waals surface area contributed by atoms with Crippen molar-refractivity contribution in [1.82, 2.24) is 5.32 Å². The summed E-state index contributed by atoms with van der Waals surface area (Å²) in [6.45, 7) is 4.10. The molecule has 0 aromatic heterocycles. The van der Waals surface area contributed by atoms with E-state index in [4.69, 9.17) is 4.74 Å². The smallest absolute Gasteiger partial charge is 0.414 e. The van der Waals surface area contributed by atoms with Gasteiger partial charge in [0, 0.05) is 23.3 Å².